The summed E-state index contributed by atoms with van der Waals surface area (Å²) in [5, 5.41) is 3.28. The average Bonchev–Trinajstić information content (AvgIpc) is 2.78. The van der Waals surface area contributed by atoms with Crippen LogP contribution < -0.4 is 10.2 Å². The zero-order valence-electron chi connectivity index (χ0n) is 18.0. The number of nitrogens with zero attached hydrogens (tertiary/aromatic N) is 1. The number of fused-ring (bicyclic) bond motifs is 1. The van der Waals surface area contributed by atoms with Crippen molar-refractivity contribution in [1.82, 2.24) is 0 Å². The fourth-order valence-corrected chi connectivity index (χ4v) is 7.27. The molecule has 4 heteroatoms. The molecule has 0 atom stereocenters. The van der Waals surface area contributed by atoms with Gasteiger partial charge in [0.1, 0.15) is 0 Å². The molecule has 4 saturated carbocycles. The molecule has 4 aliphatic carbocycles. The van der Waals surface area contributed by atoms with Crippen LogP contribution in [-0.2, 0) is 11.2 Å². The Hall–Kier alpha value is -2.62. The Morgan fingerprint density at radius 1 is 0.903 bits per heavy atom. The van der Waals surface area contributed by atoms with Gasteiger partial charge in [-0.2, -0.15) is 0 Å². The summed E-state index contributed by atoms with van der Waals surface area (Å²) >= 11 is 0. The molecule has 4 nitrogen and oxygen atoms in total. The van der Waals surface area contributed by atoms with E-state index in [1.807, 2.05) is 47.4 Å². The molecular formula is C27H30N2O2. The van der Waals surface area contributed by atoms with Crippen LogP contribution in [0.2, 0.25) is 0 Å². The lowest BCUT2D eigenvalue weighted by Gasteiger charge is -2.55. The van der Waals surface area contributed by atoms with Gasteiger partial charge in [0.05, 0.1) is 5.41 Å². The molecule has 1 aliphatic heterocycles. The second-order valence-corrected chi connectivity index (χ2v) is 10.4. The number of rotatable bonds is 3. The molecule has 4 bridgehead atoms. The van der Waals surface area contributed by atoms with Crippen LogP contribution in [0.3, 0.4) is 0 Å². The van der Waals surface area contributed by atoms with Crippen molar-refractivity contribution in [2.45, 2.75) is 51.4 Å². The number of hydrogen-bond donors (Lipinski definition) is 1. The molecule has 4 fully saturated rings. The topological polar surface area (TPSA) is 49.4 Å². The number of nitrogens with one attached hydrogen (secondary N) is 1. The first kappa shape index (κ1) is 19.1. The lowest BCUT2D eigenvalue weighted by atomic mass is 9.49. The number of aryl methyl sites for hydroxylation is 1. The van der Waals surface area contributed by atoms with Crippen molar-refractivity contribution in [3.05, 3.63) is 59.7 Å². The molecule has 2 amide bonds. The maximum Gasteiger partial charge on any atom is 0.258 e. The molecule has 1 N–H and O–H groups in total. The molecule has 0 saturated heterocycles. The van der Waals surface area contributed by atoms with Gasteiger partial charge in [-0.15, -0.1) is 0 Å². The molecule has 2 aromatic carbocycles. The van der Waals surface area contributed by atoms with Crippen LogP contribution in [0.15, 0.2) is 48.5 Å². The first-order valence-electron chi connectivity index (χ1n) is 11.9. The zero-order chi connectivity index (χ0) is 21.0. The highest BCUT2D eigenvalue weighted by molar-refractivity contribution is 6.07. The van der Waals surface area contributed by atoms with E-state index in [-0.39, 0.29) is 17.2 Å². The second-order valence-electron chi connectivity index (χ2n) is 10.4. The van der Waals surface area contributed by atoms with Crippen LogP contribution in [0.4, 0.5) is 11.4 Å². The monoisotopic (exact) mass is 414 g/mol. The van der Waals surface area contributed by atoms with Gasteiger partial charge in [-0.25, -0.2) is 0 Å². The first-order valence-corrected chi connectivity index (χ1v) is 11.9. The Balaban J connectivity index is 1.22. The van der Waals surface area contributed by atoms with E-state index < -0.39 is 0 Å². The molecular weight excluding hydrogens is 384 g/mol. The van der Waals surface area contributed by atoms with E-state index >= 15 is 0 Å². The van der Waals surface area contributed by atoms with Crippen molar-refractivity contribution in [3.8, 4) is 0 Å². The third-order valence-electron chi connectivity index (χ3n) is 8.24. The third-order valence-corrected chi connectivity index (χ3v) is 8.24. The minimum Gasteiger partial charge on any atom is -0.326 e. The van der Waals surface area contributed by atoms with E-state index in [0.29, 0.717) is 0 Å². The fourth-order valence-electron chi connectivity index (χ4n) is 7.27. The first-order chi connectivity index (χ1) is 15.1. The Morgan fingerprint density at radius 2 is 1.58 bits per heavy atom. The van der Waals surface area contributed by atoms with Crippen molar-refractivity contribution in [1.29, 1.82) is 0 Å². The van der Waals surface area contributed by atoms with Crippen molar-refractivity contribution in [2.75, 3.05) is 16.8 Å². The van der Waals surface area contributed by atoms with E-state index in [4.69, 9.17) is 0 Å². The number of carbonyl (C=O) groups excluding carboxylic acids is 2. The van der Waals surface area contributed by atoms with Gasteiger partial charge in [0.25, 0.3) is 5.91 Å². The molecule has 1 heterocycles. The highest BCUT2D eigenvalue weighted by Crippen LogP contribution is 2.60. The Kier molecular flexibility index (Phi) is 4.45. The van der Waals surface area contributed by atoms with E-state index in [1.165, 1.54) is 19.3 Å². The predicted molar refractivity (Wildman–Crippen MR) is 122 cm³/mol. The van der Waals surface area contributed by atoms with Gasteiger partial charge < -0.3 is 10.2 Å². The standard InChI is InChI=1S/C27H30N2O2/c30-25(21-5-2-1-3-6-21)29-10-4-7-22-14-23(8-9-24(22)29)28-26(31)27-15-18-11-19(16-27)13-20(12-18)17-27/h1-3,5-6,8-9,14,18-20H,4,7,10-13,15-17H2,(H,28,31). The van der Waals surface area contributed by atoms with Crippen LogP contribution in [0.1, 0.15) is 60.9 Å². The number of hydrogen-bond acceptors (Lipinski definition) is 2. The van der Waals surface area contributed by atoms with Gasteiger partial charge >= 0.3 is 0 Å². The molecule has 7 rings (SSSR count). The van der Waals surface area contributed by atoms with Gasteiger partial charge in [0.2, 0.25) is 5.91 Å². The lowest BCUT2D eigenvalue weighted by Crippen LogP contribution is -2.51. The Bertz CT molecular complexity index is 994. The minimum atomic E-state index is -0.139. The maximum absolute atomic E-state index is 13.4. The van der Waals surface area contributed by atoms with Crippen LogP contribution in [0.25, 0.3) is 0 Å². The highest BCUT2D eigenvalue weighted by Gasteiger charge is 2.54. The highest BCUT2D eigenvalue weighted by atomic mass is 16.2. The van der Waals surface area contributed by atoms with Crippen LogP contribution in [0, 0.1) is 23.2 Å². The summed E-state index contributed by atoms with van der Waals surface area (Å²) in [5.41, 5.74) is 3.59. The number of benzene rings is 2. The predicted octanol–water partition coefficient (Wildman–Crippen LogP) is 5.43. The molecule has 5 aliphatic rings. The van der Waals surface area contributed by atoms with E-state index in [9.17, 15) is 9.59 Å². The fraction of sp³-hybridized carbons (Fsp3) is 0.481. The lowest BCUT2D eigenvalue weighted by molar-refractivity contribution is -0.140. The number of anilines is 2. The van der Waals surface area contributed by atoms with Crippen molar-refractivity contribution in [2.24, 2.45) is 23.2 Å². The van der Waals surface area contributed by atoms with Gasteiger partial charge in [-0.05, 0) is 105 Å². The zero-order valence-corrected chi connectivity index (χ0v) is 18.0. The normalized spacial score (nSPS) is 30.7. The average molecular weight is 415 g/mol. The van der Waals surface area contributed by atoms with E-state index in [1.54, 1.807) is 0 Å². The third kappa shape index (κ3) is 3.28. The molecule has 0 radical (unpaired) electrons. The second kappa shape index (κ2) is 7.22. The molecule has 2 aromatic rings. The summed E-state index contributed by atoms with van der Waals surface area (Å²) in [6.07, 6.45) is 9.15. The van der Waals surface area contributed by atoms with Gasteiger partial charge in [0.15, 0.2) is 0 Å². The van der Waals surface area contributed by atoms with Gasteiger partial charge in [-0.1, -0.05) is 18.2 Å². The van der Waals surface area contributed by atoms with Gasteiger partial charge in [0, 0.05) is 23.5 Å². The van der Waals surface area contributed by atoms with Crippen LogP contribution >= 0.6 is 0 Å². The molecule has 31 heavy (non-hydrogen) atoms. The van der Waals surface area contributed by atoms with Crippen LogP contribution in [-0.4, -0.2) is 18.4 Å². The molecule has 0 unspecified atom stereocenters. The quantitative estimate of drug-likeness (QED) is 0.728. The summed E-state index contributed by atoms with van der Waals surface area (Å²) in [4.78, 5) is 28.3. The summed E-state index contributed by atoms with van der Waals surface area (Å²) < 4.78 is 0. The van der Waals surface area contributed by atoms with E-state index in [0.717, 1.165) is 78.9 Å². The smallest absolute Gasteiger partial charge is 0.258 e. The summed E-state index contributed by atoms with van der Waals surface area (Å²) in [5.74, 6) is 2.57. The van der Waals surface area contributed by atoms with Crippen molar-refractivity contribution < 1.29 is 9.59 Å². The summed E-state index contributed by atoms with van der Waals surface area (Å²) in [6, 6.07) is 15.6. The minimum absolute atomic E-state index is 0.0481. The number of carbonyl (C=O) groups is 2. The van der Waals surface area contributed by atoms with Gasteiger partial charge in [-0.3, -0.25) is 9.59 Å². The molecule has 0 aromatic heterocycles. The molecule has 160 valence electrons. The van der Waals surface area contributed by atoms with Crippen LogP contribution in [0.5, 0.6) is 0 Å². The largest absolute Gasteiger partial charge is 0.326 e. The summed E-state index contributed by atoms with van der Waals surface area (Å²) in [7, 11) is 0. The van der Waals surface area contributed by atoms with Crippen molar-refractivity contribution >= 4 is 23.2 Å². The Morgan fingerprint density at radius 3 is 2.26 bits per heavy atom. The van der Waals surface area contributed by atoms with E-state index in [2.05, 4.69) is 11.4 Å². The van der Waals surface area contributed by atoms with Crippen molar-refractivity contribution in [3.63, 3.8) is 0 Å². The number of amides is 2. The summed E-state index contributed by atoms with van der Waals surface area (Å²) in [6.45, 7) is 0.736. The SMILES string of the molecule is O=C(c1ccccc1)N1CCCc2cc(NC(=O)C34CC5CC(CC(C5)C3)C4)ccc21. The Labute approximate surface area is 184 Å². The molecule has 0 spiro atoms. The maximum atomic E-state index is 13.4.